The molecule has 2 heterocycles. The van der Waals surface area contributed by atoms with Gasteiger partial charge in [-0.3, -0.25) is 0 Å². The number of hydrogen-bond acceptors (Lipinski definition) is 5. The van der Waals surface area contributed by atoms with E-state index in [4.69, 9.17) is 10.5 Å². The number of ether oxygens (including phenoxy) is 1. The highest BCUT2D eigenvalue weighted by atomic mass is 16.5. The average molecular weight is 309 g/mol. The first kappa shape index (κ1) is 13.9. The molecule has 0 unspecified atom stereocenters. The zero-order valence-corrected chi connectivity index (χ0v) is 13.0. The number of nitrogens with zero attached hydrogens (tertiary/aromatic N) is 3. The predicted octanol–water partition coefficient (Wildman–Crippen LogP) is 2.46. The molecule has 2 aromatic heterocycles. The summed E-state index contributed by atoms with van der Waals surface area (Å²) in [5.74, 6) is 1.76. The molecule has 6 heteroatoms. The maximum atomic E-state index is 5.74. The Morgan fingerprint density at radius 1 is 1.22 bits per heavy atom. The summed E-state index contributed by atoms with van der Waals surface area (Å²) in [5.41, 5.74) is 7.97. The van der Waals surface area contributed by atoms with Crippen LogP contribution < -0.4 is 15.8 Å². The molecule has 23 heavy (non-hydrogen) atoms. The van der Waals surface area contributed by atoms with Gasteiger partial charge in [0.2, 0.25) is 11.6 Å². The van der Waals surface area contributed by atoms with E-state index < -0.39 is 0 Å². The number of rotatable bonds is 5. The molecule has 0 atom stereocenters. The lowest BCUT2D eigenvalue weighted by molar-refractivity contribution is 0.416. The van der Waals surface area contributed by atoms with Gasteiger partial charge < -0.3 is 15.8 Å². The van der Waals surface area contributed by atoms with Crippen LogP contribution in [-0.4, -0.2) is 28.3 Å². The molecule has 1 aliphatic carbocycles. The monoisotopic (exact) mass is 309 g/mol. The van der Waals surface area contributed by atoms with Gasteiger partial charge in [-0.25, -0.2) is 0 Å². The molecule has 0 aliphatic heterocycles. The fourth-order valence-corrected chi connectivity index (χ4v) is 3.02. The van der Waals surface area contributed by atoms with Gasteiger partial charge >= 0.3 is 0 Å². The summed E-state index contributed by atoms with van der Waals surface area (Å²) in [4.78, 5) is 4.23. The first-order chi connectivity index (χ1) is 11.2. The van der Waals surface area contributed by atoms with Crippen molar-refractivity contribution in [3.8, 4) is 5.75 Å². The van der Waals surface area contributed by atoms with Gasteiger partial charge in [0.05, 0.1) is 7.11 Å². The summed E-state index contributed by atoms with van der Waals surface area (Å²) in [7, 11) is 1.61. The van der Waals surface area contributed by atoms with Crippen molar-refractivity contribution in [1.29, 1.82) is 0 Å². The normalized spacial score (nSPS) is 15.5. The quantitative estimate of drug-likeness (QED) is 0.757. The Morgan fingerprint density at radius 2 is 2.00 bits per heavy atom. The number of anilines is 2. The first-order valence-electron chi connectivity index (χ1n) is 7.70. The van der Waals surface area contributed by atoms with Crippen molar-refractivity contribution in [2.45, 2.75) is 18.3 Å². The lowest BCUT2D eigenvalue weighted by Gasteiger charge is -2.18. The SMILES string of the molecule is COc1ccc(NCC2(c3ccccc3)CC2)n2nc(N)nc12. The van der Waals surface area contributed by atoms with Crippen LogP contribution in [0.3, 0.4) is 0 Å². The number of hydrogen-bond donors (Lipinski definition) is 2. The van der Waals surface area contributed by atoms with Crippen LogP contribution in [0.15, 0.2) is 42.5 Å². The lowest BCUT2D eigenvalue weighted by Crippen LogP contribution is -2.20. The molecule has 3 N–H and O–H groups in total. The molecule has 0 radical (unpaired) electrons. The maximum absolute atomic E-state index is 5.74. The summed E-state index contributed by atoms with van der Waals surface area (Å²) < 4.78 is 7.02. The highest BCUT2D eigenvalue weighted by Crippen LogP contribution is 2.48. The third-order valence-electron chi connectivity index (χ3n) is 4.53. The summed E-state index contributed by atoms with van der Waals surface area (Å²) in [5, 5.41) is 7.76. The van der Waals surface area contributed by atoms with Gasteiger partial charge in [-0.05, 0) is 30.5 Å². The van der Waals surface area contributed by atoms with Crippen LogP contribution >= 0.6 is 0 Å². The fraction of sp³-hybridized carbons (Fsp3) is 0.294. The topological polar surface area (TPSA) is 77.5 Å². The van der Waals surface area contributed by atoms with Gasteiger partial charge in [-0.1, -0.05) is 30.3 Å². The van der Waals surface area contributed by atoms with Crippen LogP contribution in [0.4, 0.5) is 11.8 Å². The molecule has 1 aliphatic rings. The maximum Gasteiger partial charge on any atom is 0.240 e. The Hall–Kier alpha value is -2.76. The van der Waals surface area contributed by atoms with Crippen LogP contribution in [0.25, 0.3) is 5.65 Å². The largest absolute Gasteiger partial charge is 0.493 e. The van der Waals surface area contributed by atoms with Crippen LogP contribution in [0, 0.1) is 0 Å². The van der Waals surface area contributed by atoms with Crippen molar-refractivity contribution in [3.63, 3.8) is 0 Å². The minimum Gasteiger partial charge on any atom is -0.493 e. The zero-order valence-electron chi connectivity index (χ0n) is 13.0. The van der Waals surface area contributed by atoms with E-state index in [0.29, 0.717) is 11.4 Å². The molecule has 1 fully saturated rings. The van der Waals surface area contributed by atoms with Crippen LogP contribution in [0.2, 0.25) is 0 Å². The molecular formula is C17H19N5O. The molecule has 3 aromatic rings. The average Bonchev–Trinajstić information content (AvgIpc) is 3.27. The van der Waals surface area contributed by atoms with E-state index in [1.807, 2.05) is 12.1 Å². The Kier molecular flexibility index (Phi) is 3.11. The Morgan fingerprint density at radius 3 is 2.70 bits per heavy atom. The smallest absolute Gasteiger partial charge is 0.240 e. The Bertz CT molecular complexity index is 839. The molecule has 118 valence electrons. The molecule has 0 spiro atoms. The number of nitrogens with one attached hydrogen (secondary N) is 1. The van der Waals surface area contributed by atoms with Crippen molar-refractivity contribution in [3.05, 3.63) is 48.0 Å². The molecular weight excluding hydrogens is 290 g/mol. The second-order valence-corrected chi connectivity index (χ2v) is 5.99. The molecule has 0 saturated heterocycles. The van der Waals surface area contributed by atoms with Gasteiger partial charge in [0.1, 0.15) is 5.82 Å². The highest BCUT2D eigenvalue weighted by Gasteiger charge is 2.43. The fourth-order valence-electron chi connectivity index (χ4n) is 3.02. The van der Waals surface area contributed by atoms with E-state index in [9.17, 15) is 0 Å². The number of pyridine rings is 1. The zero-order chi connectivity index (χ0) is 15.9. The van der Waals surface area contributed by atoms with E-state index in [-0.39, 0.29) is 11.4 Å². The van der Waals surface area contributed by atoms with Crippen LogP contribution in [-0.2, 0) is 5.41 Å². The molecule has 6 nitrogen and oxygen atoms in total. The number of methoxy groups -OCH3 is 1. The molecule has 4 rings (SSSR count). The minimum absolute atomic E-state index is 0.222. The molecule has 1 aromatic carbocycles. The summed E-state index contributed by atoms with van der Waals surface area (Å²) in [6.45, 7) is 0.859. The van der Waals surface area contributed by atoms with E-state index in [0.717, 1.165) is 12.4 Å². The third-order valence-corrected chi connectivity index (χ3v) is 4.53. The van der Waals surface area contributed by atoms with Crippen molar-refractivity contribution in [2.24, 2.45) is 0 Å². The van der Waals surface area contributed by atoms with Crippen molar-refractivity contribution >= 4 is 17.4 Å². The van der Waals surface area contributed by atoms with Gasteiger partial charge in [0.25, 0.3) is 0 Å². The second kappa shape index (κ2) is 5.15. The number of fused-ring (bicyclic) bond motifs is 1. The molecule has 0 bridgehead atoms. The van der Waals surface area contributed by atoms with E-state index in [1.54, 1.807) is 11.6 Å². The van der Waals surface area contributed by atoms with Crippen molar-refractivity contribution < 1.29 is 4.74 Å². The molecule has 1 saturated carbocycles. The number of nitrogen functional groups attached to an aromatic ring is 1. The van der Waals surface area contributed by atoms with Crippen molar-refractivity contribution in [2.75, 3.05) is 24.7 Å². The number of benzene rings is 1. The summed E-state index contributed by atoms with van der Waals surface area (Å²) in [6.07, 6.45) is 2.39. The van der Waals surface area contributed by atoms with Gasteiger partial charge in [-0.2, -0.15) is 9.50 Å². The van der Waals surface area contributed by atoms with E-state index in [2.05, 4.69) is 45.7 Å². The molecule has 0 amide bonds. The number of nitrogens with two attached hydrogens (primary N) is 1. The lowest BCUT2D eigenvalue weighted by atomic mass is 9.96. The predicted molar refractivity (Wildman–Crippen MR) is 89.8 cm³/mol. The first-order valence-corrected chi connectivity index (χ1v) is 7.70. The Labute approximate surface area is 134 Å². The van der Waals surface area contributed by atoms with Gasteiger partial charge in [-0.15, -0.1) is 5.10 Å². The summed E-state index contributed by atoms with van der Waals surface area (Å²) in [6, 6.07) is 14.5. The third kappa shape index (κ3) is 2.36. The highest BCUT2D eigenvalue weighted by molar-refractivity contribution is 5.61. The summed E-state index contributed by atoms with van der Waals surface area (Å²) >= 11 is 0. The van der Waals surface area contributed by atoms with Gasteiger partial charge in [0, 0.05) is 12.0 Å². The van der Waals surface area contributed by atoms with E-state index >= 15 is 0 Å². The number of aromatic nitrogens is 3. The second-order valence-electron chi connectivity index (χ2n) is 5.99. The Balaban J connectivity index is 1.62. The van der Waals surface area contributed by atoms with Gasteiger partial charge in [0.15, 0.2) is 5.75 Å². The van der Waals surface area contributed by atoms with Crippen molar-refractivity contribution in [1.82, 2.24) is 14.6 Å². The van der Waals surface area contributed by atoms with Crippen LogP contribution in [0.1, 0.15) is 18.4 Å². The standard InChI is InChI=1S/C17H19N5O/c1-23-13-7-8-14(22-15(13)20-16(18)21-22)19-11-17(9-10-17)12-5-3-2-4-6-12/h2-8,19H,9-11H2,1H3,(H2,18,21). The van der Waals surface area contributed by atoms with Crippen LogP contribution in [0.5, 0.6) is 5.75 Å². The minimum atomic E-state index is 0.222. The van der Waals surface area contributed by atoms with E-state index in [1.165, 1.54) is 18.4 Å².